The molecule has 0 aromatic heterocycles. The Morgan fingerprint density at radius 3 is 2.63 bits per heavy atom. The van der Waals surface area contributed by atoms with Crippen molar-refractivity contribution in [3.05, 3.63) is 40.9 Å². The molecule has 2 aromatic rings. The number of rotatable bonds is 3. The first kappa shape index (κ1) is 14.0. The molecule has 0 aliphatic rings. The number of benzene rings is 2. The van der Waals surface area contributed by atoms with E-state index in [9.17, 15) is 13.2 Å². The van der Waals surface area contributed by atoms with Crippen LogP contribution in [0, 0.1) is 0 Å². The third-order valence-electron chi connectivity index (χ3n) is 2.41. The Bertz CT molecular complexity index is 742. The van der Waals surface area contributed by atoms with Crippen molar-refractivity contribution >= 4 is 48.4 Å². The second-order valence-electron chi connectivity index (χ2n) is 3.95. The zero-order valence-electron chi connectivity index (χ0n) is 9.63. The molecule has 0 atom stereocenters. The van der Waals surface area contributed by atoms with Crippen LogP contribution in [0.4, 0.5) is 5.69 Å². The second kappa shape index (κ2) is 5.28. The Hall–Kier alpha value is -1.44. The van der Waals surface area contributed by atoms with Gasteiger partial charge in [-0.1, -0.05) is 40.2 Å². The van der Waals surface area contributed by atoms with E-state index in [2.05, 4.69) is 21.2 Å². The molecule has 1 amide bonds. The van der Waals surface area contributed by atoms with Crippen molar-refractivity contribution in [3.63, 3.8) is 0 Å². The Morgan fingerprint density at radius 2 is 1.95 bits per heavy atom. The number of halogens is 1. The molecule has 0 spiro atoms. The molecule has 0 bridgehead atoms. The van der Waals surface area contributed by atoms with Gasteiger partial charge in [-0.3, -0.25) is 9.35 Å². The molecule has 0 heterocycles. The molecular weight excluding hydrogens is 334 g/mol. The summed E-state index contributed by atoms with van der Waals surface area (Å²) >= 11 is 3.32. The van der Waals surface area contributed by atoms with Gasteiger partial charge < -0.3 is 5.32 Å². The van der Waals surface area contributed by atoms with E-state index in [0.717, 1.165) is 15.2 Å². The third kappa shape index (κ3) is 3.76. The highest BCUT2D eigenvalue weighted by molar-refractivity contribution is 9.10. The van der Waals surface area contributed by atoms with Crippen molar-refractivity contribution in [1.29, 1.82) is 0 Å². The summed E-state index contributed by atoms with van der Waals surface area (Å²) in [5.74, 6) is -1.75. The number of nitrogens with one attached hydrogen (secondary N) is 1. The van der Waals surface area contributed by atoms with Gasteiger partial charge in [0, 0.05) is 15.5 Å². The maximum atomic E-state index is 11.5. The number of anilines is 1. The molecule has 7 heteroatoms. The van der Waals surface area contributed by atoms with Gasteiger partial charge in [-0.2, -0.15) is 8.42 Å². The lowest BCUT2D eigenvalue weighted by molar-refractivity contribution is -0.113. The van der Waals surface area contributed by atoms with Gasteiger partial charge in [0.25, 0.3) is 10.1 Å². The highest BCUT2D eigenvalue weighted by atomic mass is 79.9. The Labute approximate surface area is 118 Å². The van der Waals surface area contributed by atoms with Crippen LogP contribution in [-0.2, 0) is 14.9 Å². The van der Waals surface area contributed by atoms with E-state index < -0.39 is 21.8 Å². The van der Waals surface area contributed by atoms with Crippen molar-refractivity contribution in [2.24, 2.45) is 0 Å². The minimum absolute atomic E-state index is 0.485. The van der Waals surface area contributed by atoms with Crippen molar-refractivity contribution in [2.75, 3.05) is 11.1 Å². The lowest BCUT2D eigenvalue weighted by Gasteiger charge is -2.09. The molecule has 0 radical (unpaired) electrons. The molecule has 19 heavy (non-hydrogen) atoms. The molecule has 100 valence electrons. The lowest BCUT2D eigenvalue weighted by atomic mass is 10.1. The molecule has 0 fully saturated rings. The van der Waals surface area contributed by atoms with Crippen molar-refractivity contribution in [2.45, 2.75) is 0 Å². The van der Waals surface area contributed by atoms with Crippen LogP contribution in [0.3, 0.4) is 0 Å². The fraction of sp³-hybridized carbons (Fsp3) is 0.0833. The summed E-state index contributed by atoms with van der Waals surface area (Å²) in [4.78, 5) is 11.5. The first-order chi connectivity index (χ1) is 8.85. The van der Waals surface area contributed by atoms with Gasteiger partial charge in [-0.05, 0) is 17.5 Å². The summed E-state index contributed by atoms with van der Waals surface area (Å²) in [6, 6.07) is 10.9. The van der Waals surface area contributed by atoms with E-state index in [1.807, 2.05) is 30.3 Å². The zero-order chi connectivity index (χ0) is 14.0. The third-order valence-corrected chi connectivity index (χ3v) is 3.50. The largest absolute Gasteiger partial charge is 0.325 e. The molecule has 0 aliphatic heterocycles. The maximum Gasteiger partial charge on any atom is 0.274 e. The second-order valence-corrected chi connectivity index (χ2v) is 6.32. The van der Waals surface area contributed by atoms with Crippen LogP contribution < -0.4 is 5.32 Å². The predicted molar refractivity (Wildman–Crippen MR) is 76.7 cm³/mol. The van der Waals surface area contributed by atoms with Crippen LogP contribution in [-0.4, -0.2) is 24.6 Å². The van der Waals surface area contributed by atoms with Crippen molar-refractivity contribution < 1.29 is 17.8 Å². The van der Waals surface area contributed by atoms with Gasteiger partial charge in [0.2, 0.25) is 5.91 Å². The van der Waals surface area contributed by atoms with Crippen LogP contribution in [0.25, 0.3) is 10.8 Å². The summed E-state index contributed by atoms with van der Waals surface area (Å²) in [6.45, 7) is 0. The number of amides is 1. The van der Waals surface area contributed by atoms with Gasteiger partial charge in [0.05, 0.1) is 0 Å². The number of fused-ring (bicyclic) bond motifs is 1. The molecule has 0 saturated carbocycles. The number of carbonyl (C=O) groups excluding carboxylic acids is 1. The molecule has 5 nitrogen and oxygen atoms in total. The topological polar surface area (TPSA) is 83.5 Å². The first-order valence-corrected chi connectivity index (χ1v) is 7.69. The normalized spacial score (nSPS) is 11.5. The smallest absolute Gasteiger partial charge is 0.274 e. The fourth-order valence-electron chi connectivity index (χ4n) is 1.73. The summed E-state index contributed by atoms with van der Waals surface area (Å²) in [5, 5.41) is 4.16. The molecule has 0 unspecified atom stereocenters. The molecule has 0 saturated heterocycles. The zero-order valence-corrected chi connectivity index (χ0v) is 12.0. The number of carbonyl (C=O) groups is 1. The Balaban J connectivity index is 2.37. The van der Waals surface area contributed by atoms with Gasteiger partial charge >= 0.3 is 0 Å². The molecule has 2 aromatic carbocycles. The van der Waals surface area contributed by atoms with Gasteiger partial charge in [-0.25, -0.2) is 0 Å². The van der Waals surface area contributed by atoms with Crippen molar-refractivity contribution in [1.82, 2.24) is 0 Å². The molecule has 2 N–H and O–H groups in total. The summed E-state index contributed by atoms with van der Waals surface area (Å²) < 4.78 is 30.7. The minimum atomic E-state index is -4.33. The summed E-state index contributed by atoms with van der Waals surface area (Å²) in [6.07, 6.45) is 0. The van der Waals surface area contributed by atoms with Crippen LogP contribution in [0.15, 0.2) is 40.9 Å². The van der Waals surface area contributed by atoms with Gasteiger partial charge in [-0.15, -0.1) is 0 Å². The maximum absolute atomic E-state index is 11.5. The first-order valence-electron chi connectivity index (χ1n) is 5.28. The van der Waals surface area contributed by atoms with Crippen LogP contribution in [0.2, 0.25) is 0 Å². The summed E-state index contributed by atoms with van der Waals surface area (Å²) in [7, 11) is -4.33. The molecular formula is C12H10BrNO4S. The molecule has 2 rings (SSSR count). The van der Waals surface area contributed by atoms with E-state index in [1.165, 1.54) is 0 Å². The lowest BCUT2D eigenvalue weighted by Crippen LogP contribution is -2.22. The van der Waals surface area contributed by atoms with E-state index in [-0.39, 0.29) is 0 Å². The minimum Gasteiger partial charge on any atom is -0.325 e. The van der Waals surface area contributed by atoms with E-state index in [1.54, 1.807) is 6.07 Å². The average Bonchev–Trinajstić information content (AvgIpc) is 2.25. The fourth-order valence-corrected chi connectivity index (χ4v) is 2.61. The number of hydrogen-bond donors (Lipinski definition) is 2. The van der Waals surface area contributed by atoms with Crippen molar-refractivity contribution in [3.8, 4) is 0 Å². The van der Waals surface area contributed by atoms with E-state index in [0.29, 0.717) is 5.69 Å². The molecule has 0 aliphatic carbocycles. The van der Waals surface area contributed by atoms with Gasteiger partial charge in [0.1, 0.15) is 0 Å². The Kier molecular flexibility index (Phi) is 3.88. The van der Waals surface area contributed by atoms with Crippen LogP contribution >= 0.6 is 15.9 Å². The predicted octanol–water partition coefficient (Wildman–Crippen LogP) is 2.43. The van der Waals surface area contributed by atoms with E-state index in [4.69, 9.17) is 4.55 Å². The van der Waals surface area contributed by atoms with E-state index >= 15 is 0 Å². The highest BCUT2D eigenvalue weighted by Gasteiger charge is 2.14. The summed E-state index contributed by atoms with van der Waals surface area (Å²) in [5.41, 5.74) is 0.485. The monoisotopic (exact) mass is 343 g/mol. The standard InChI is InChI=1S/C12H10BrNO4S/c13-9-5-8-3-1-2-4-10(8)11(6-9)14-12(15)7-19(16,17)18/h1-6H,7H2,(H,14,15)(H,16,17,18). The number of hydrogen-bond acceptors (Lipinski definition) is 3. The SMILES string of the molecule is O=C(CS(=O)(=O)O)Nc1cc(Br)cc2ccccc12. The Morgan fingerprint density at radius 1 is 1.26 bits per heavy atom. The average molecular weight is 344 g/mol. The quantitative estimate of drug-likeness (QED) is 0.838. The highest BCUT2D eigenvalue weighted by Crippen LogP contribution is 2.28. The van der Waals surface area contributed by atoms with Crippen LogP contribution in [0.1, 0.15) is 0 Å². The van der Waals surface area contributed by atoms with Crippen LogP contribution in [0.5, 0.6) is 0 Å². The van der Waals surface area contributed by atoms with Gasteiger partial charge in [0.15, 0.2) is 5.75 Å².